The molecule has 0 bridgehead atoms. The summed E-state index contributed by atoms with van der Waals surface area (Å²) in [6.45, 7) is 2.31. The monoisotopic (exact) mass is 315 g/mol. The molecule has 0 saturated heterocycles. The summed E-state index contributed by atoms with van der Waals surface area (Å²) in [5.74, 6) is 1.73. The lowest BCUT2D eigenvalue weighted by Crippen LogP contribution is -2.28. The number of ether oxygens (including phenoxy) is 3. The number of carbonyl (C=O) groups is 1. The third-order valence-corrected chi connectivity index (χ3v) is 3.35. The number of methoxy groups -OCH3 is 2. The first-order valence-corrected chi connectivity index (χ1v) is 7.30. The lowest BCUT2D eigenvalue weighted by Gasteiger charge is -2.13. The van der Waals surface area contributed by atoms with Gasteiger partial charge in [-0.25, -0.2) is 0 Å². The van der Waals surface area contributed by atoms with Crippen LogP contribution in [0.3, 0.4) is 0 Å². The zero-order chi connectivity index (χ0) is 16.7. The number of para-hydroxylation sites is 1. The van der Waals surface area contributed by atoms with E-state index in [1.54, 1.807) is 14.2 Å². The van der Waals surface area contributed by atoms with E-state index in [2.05, 4.69) is 5.32 Å². The molecule has 0 radical (unpaired) electrons. The summed E-state index contributed by atoms with van der Waals surface area (Å²) in [5, 5.41) is 2.81. The van der Waals surface area contributed by atoms with Crippen molar-refractivity contribution < 1.29 is 19.0 Å². The Morgan fingerprint density at radius 1 is 1.04 bits per heavy atom. The van der Waals surface area contributed by atoms with Crippen LogP contribution in [0.5, 0.6) is 17.2 Å². The molecule has 1 N–H and O–H groups in total. The molecule has 0 unspecified atom stereocenters. The summed E-state index contributed by atoms with van der Waals surface area (Å²) in [6, 6.07) is 13.1. The molecule has 2 aromatic rings. The molecule has 5 heteroatoms. The molecule has 0 saturated carbocycles. The second-order valence-electron chi connectivity index (χ2n) is 5.03. The number of benzene rings is 2. The van der Waals surface area contributed by atoms with Crippen molar-refractivity contribution in [3.8, 4) is 17.2 Å². The minimum atomic E-state index is -0.199. The Kier molecular flexibility index (Phi) is 5.86. The highest BCUT2D eigenvalue weighted by atomic mass is 16.5. The molecule has 0 aliphatic rings. The second kappa shape index (κ2) is 8.08. The zero-order valence-corrected chi connectivity index (χ0v) is 13.6. The van der Waals surface area contributed by atoms with Gasteiger partial charge >= 0.3 is 0 Å². The highest BCUT2D eigenvalue weighted by molar-refractivity contribution is 5.77. The average Bonchev–Trinajstić information content (AvgIpc) is 2.58. The van der Waals surface area contributed by atoms with Gasteiger partial charge < -0.3 is 19.5 Å². The van der Waals surface area contributed by atoms with Crippen LogP contribution in [0.4, 0.5) is 0 Å². The molecule has 0 aromatic heterocycles. The minimum absolute atomic E-state index is 0.0324. The average molecular weight is 315 g/mol. The predicted octanol–water partition coefficient (Wildman–Crippen LogP) is 2.71. The summed E-state index contributed by atoms with van der Waals surface area (Å²) < 4.78 is 16.0. The number of aryl methyl sites for hydroxylation is 1. The van der Waals surface area contributed by atoms with Crippen LogP contribution in [0.15, 0.2) is 42.5 Å². The first-order chi connectivity index (χ1) is 11.1. The van der Waals surface area contributed by atoms with Crippen LogP contribution < -0.4 is 19.5 Å². The van der Waals surface area contributed by atoms with Crippen molar-refractivity contribution in [2.24, 2.45) is 0 Å². The first-order valence-electron chi connectivity index (χ1n) is 7.30. The first kappa shape index (κ1) is 16.7. The Balaban J connectivity index is 1.88. The van der Waals surface area contributed by atoms with Crippen LogP contribution >= 0.6 is 0 Å². The summed E-state index contributed by atoms with van der Waals surface area (Å²) in [5.41, 5.74) is 1.99. The molecule has 0 aliphatic carbocycles. The summed E-state index contributed by atoms with van der Waals surface area (Å²) in [4.78, 5) is 11.9. The van der Waals surface area contributed by atoms with Crippen molar-refractivity contribution >= 4 is 5.91 Å². The van der Waals surface area contributed by atoms with Gasteiger partial charge in [0, 0.05) is 12.1 Å². The molecule has 0 spiro atoms. The summed E-state index contributed by atoms with van der Waals surface area (Å²) in [6.07, 6.45) is 0. The van der Waals surface area contributed by atoms with Gasteiger partial charge in [0.25, 0.3) is 5.91 Å². The fourth-order valence-corrected chi connectivity index (χ4v) is 2.12. The van der Waals surface area contributed by atoms with Crippen LogP contribution in [-0.4, -0.2) is 26.7 Å². The van der Waals surface area contributed by atoms with E-state index in [4.69, 9.17) is 14.2 Å². The van der Waals surface area contributed by atoms with Crippen molar-refractivity contribution in [1.29, 1.82) is 0 Å². The van der Waals surface area contributed by atoms with E-state index in [-0.39, 0.29) is 12.5 Å². The van der Waals surface area contributed by atoms with E-state index in [0.717, 1.165) is 11.1 Å². The van der Waals surface area contributed by atoms with Crippen LogP contribution in [0.1, 0.15) is 11.1 Å². The predicted molar refractivity (Wildman–Crippen MR) is 88.1 cm³/mol. The van der Waals surface area contributed by atoms with E-state index in [9.17, 15) is 4.79 Å². The molecule has 0 atom stereocenters. The minimum Gasteiger partial charge on any atom is -0.493 e. The smallest absolute Gasteiger partial charge is 0.258 e. The van der Waals surface area contributed by atoms with Crippen molar-refractivity contribution in [3.63, 3.8) is 0 Å². The highest BCUT2D eigenvalue weighted by Crippen LogP contribution is 2.30. The fraction of sp³-hybridized carbons (Fsp3) is 0.278. The molecular formula is C18H21NO4. The van der Waals surface area contributed by atoms with Gasteiger partial charge in [0.2, 0.25) is 0 Å². The summed E-state index contributed by atoms with van der Waals surface area (Å²) in [7, 11) is 3.15. The molecule has 0 heterocycles. The number of rotatable bonds is 7. The maximum absolute atomic E-state index is 11.9. The molecule has 5 nitrogen and oxygen atoms in total. The van der Waals surface area contributed by atoms with Gasteiger partial charge in [-0.1, -0.05) is 29.8 Å². The van der Waals surface area contributed by atoms with Crippen molar-refractivity contribution in [2.45, 2.75) is 13.5 Å². The van der Waals surface area contributed by atoms with E-state index in [0.29, 0.717) is 23.8 Å². The maximum atomic E-state index is 11.9. The highest BCUT2D eigenvalue weighted by Gasteiger charge is 2.10. The molecule has 1 amide bonds. The second-order valence-corrected chi connectivity index (χ2v) is 5.03. The number of amides is 1. The summed E-state index contributed by atoms with van der Waals surface area (Å²) >= 11 is 0. The van der Waals surface area contributed by atoms with Gasteiger partial charge in [0.1, 0.15) is 5.75 Å². The van der Waals surface area contributed by atoms with E-state index >= 15 is 0 Å². The standard InChI is InChI=1S/C18H21NO4/c1-13-7-9-15(10-8-13)23-12-17(20)19-11-14-5-4-6-16(21-2)18(14)22-3/h4-10H,11-12H2,1-3H3,(H,19,20). The largest absolute Gasteiger partial charge is 0.493 e. The van der Waals surface area contributed by atoms with Crippen LogP contribution in [0.25, 0.3) is 0 Å². The lowest BCUT2D eigenvalue weighted by molar-refractivity contribution is -0.123. The Labute approximate surface area is 136 Å². The van der Waals surface area contributed by atoms with Gasteiger partial charge in [0.05, 0.1) is 14.2 Å². The van der Waals surface area contributed by atoms with Gasteiger partial charge in [-0.3, -0.25) is 4.79 Å². The lowest BCUT2D eigenvalue weighted by atomic mass is 10.2. The molecule has 0 aliphatic heterocycles. The van der Waals surface area contributed by atoms with Gasteiger partial charge in [-0.05, 0) is 25.1 Å². The van der Waals surface area contributed by atoms with Crippen LogP contribution in [0.2, 0.25) is 0 Å². The third-order valence-electron chi connectivity index (χ3n) is 3.35. The normalized spacial score (nSPS) is 10.0. The van der Waals surface area contributed by atoms with Crippen molar-refractivity contribution in [2.75, 3.05) is 20.8 Å². The van der Waals surface area contributed by atoms with E-state index in [1.807, 2.05) is 49.4 Å². The number of hydrogen-bond donors (Lipinski definition) is 1. The van der Waals surface area contributed by atoms with Gasteiger partial charge in [0.15, 0.2) is 18.1 Å². The number of nitrogens with one attached hydrogen (secondary N) is 1. The Morgan fingerprint density at radius 2 is 1.78 bits per heavy atom. The fourth-order valence-electron chi connectivity index (χ4n) is 2.12. The van der Waals surface area contributed by atoms with Gasteiger partial charge in [-0.15, -0.1) is 0 Å². The number of hydrogen-bond acceptors (Lipinski definition) is 4. The zero-order valence-electron chi connectivity index (χ0n) is 13.6. The molecule has 2 aromatic carbocycles. The van der Waals surface area contributed by atoms with E-state index < -0.39 is 0 Å². The van der Waals surface area contributed by atoms with Crippen molar-refractivity contribution in [3.05, 3.63) is 53.6 Å². The van der Waals surface area contributed by atoms with Crippen LogP contribution in [-0.2, 0) is 11.3 Å². The van der Waals surface area contributed by atoms with Crippen LogP contribution in [0, 0.1) is 6.92 Å². The SMILES string of the molecule is COc1cccc(CNC(=O)COc2ccc(C)cc2)c1OC. The molecular weight excluding hydrogens is 294 g/mol. The van der Waals surface area contributed by atoms with Crippen molar-refractivity contribution in [1.82, 2.24) is 5.32 Å². The number of carbonyl (C=O) groups excluding carboxylic acids is 1. The molecule has 0 fully saturated rings. The maximum Gasteiger partial charge on any atom is 0.258 e. The Morgan fingerprint density at radius 3 is 2.43 bits per heavy atom. The molecule has 23 heavy (non-hydrogen) atoms. The molecule has 122 valence electrons. The molecule has 2 rings (SSSR count). The Hall–Kier alpha value is -2.69. The Bertz CT molecular complexity index is 653. The third kappa shape index (κ3) is 4.64. The van der Waals surface area contributed by atoms with E-state index in [1.165, 1.54) is 0 Å². The quantitative estimate of drug-likeness (QED) is 0.853. The topological polar surface area (TPSA) is 56.8 Å². The van der Waals surface area contributed by atoms with Gasteiger partial charge in [-0.2, -0.15) is 0 Å².